The van der Waals surface area contributed by atoms with Gasteiger partial charge in [-0.2, -0.15) is 0 Å². The van der Waals surface area contributed by atoms with Gasteiger partial charge in [-0.25, -0.2) is 4.39 Å². The molecular weight excluding hydrogens is 363 g/mol. The molecule has 2 aromatic carbocycles. The van der Waals surface area contributed by atoms with Gasteiger partial charge in [0.25, 0.3) is 0 Å². The first-order valence-corrected chi connectivity index (χ1v) is 9.44. The van der Waals surface area contributed by atoms with Crippen molar-refractivity contribution in [2.75, 3.05) is 14.1 Å². The molecule has 1 amide bonds. The normalized spacial score (nSPS) is 12.0. The lowest BCUT2D eigenvalue weighted by Gasteiger charge is -2.17. The first-order valence-electron chi connectivity index (χ1n) is 8.56. The molecule has 0 bridgehead atoms. The summed E-state index contributed by atoms with van der Waals surface area (Å²) in [6.07, 6.45) is 0. The highest BCUT2D eigenvalue weighted by Gasteiger charge is 2.22. The lowest BCUT2D eigenvalue weighted by atomic mass is 10.2. The van der Waals surface area contributed by atoms with Gasteiger partial charge in [0, 0.05) is 19.7 Å². The second-order valence-corrected chi connectivity index (χ2v) is 7.69. The zero-order valence-electron chi connectivity index (χ0n) is 15.5. The van der Waals surface area contributed by atoms with E-state index in [0.29, 0.717) is 17.5 Å². The third kappa shape index (κ3) is 4.54. The maximum absolute atomic E-state index is 13.3. The van der Waals surface area contributed by atoms with Crippen molar-refractivity contribution in [1.29, 1.82) is 0 Å². The molecular formula is C20H21FN4OS. The van der Waals surface area contributed by atoms with Crippen molar-refractivity contribution in [3.8, 4) is 11.4 Å². The topological polar surface area (TPSA) is 51.0 Å². The van der Waals surface area contributed by atoms with E-state index in [-0.39, 0.29) is 17.0 Å². The summed E-state index contributed by atoms with van der Waals surface area (Å²) >= 11 is 1.37. The first kappa shape index (κ1) is 19.1. The molecule has 1 heterocycles. The minimum Gasteiger partial charge on any atom is -0.348 e. The van der Waals surface area contributed by atoms with Crippen LogP contribution in [0.4, 0.5) is 4.39 Å². The van der Waals surface area contributed by atoms with Crippen molar-refractivity contribution >= 4 is 17.7 Å². The number of halogens is 1. The van der Waals surface area contributed by atoms with E-state index in [9.17, 15) is 9.18 Å². The van der Waals surface area contributed by atoms with E-state index in [2.05, 4.69) is 10.2 Å². The summed E-state index contributed by atoms with van der Waals surface area (Å²) in [5.74, 6) is 0.358. The number of thioether (sulfide) groups is 1. The third-order valence-corrected chi connectivity index (χ3v) is 5.14. The second kappa shape index (κ2) is 8.35. The van der Waals surface area contributed by atoms with Crippen LogP contribution in [0.1, 0.15) is 12.5 Å². The molecule has 27 heavy (non-hydrogen) atoms. The highest BCUT2D eigenvalue weighted by molar-refractivity contribution is 8.00. The molecule has 0 aliphatic rings. The van der Waals surface area contributed by atoms with E-state index in [1.54, 1.807) is 31.1 Å². The van der Waals surface area contributed by atoms with E-state index < -0.39 is 0 Å². The van der Waals surface area contributed by atoms with Crippen molar-refractivity contribution in [3.63, 3.8) is 0 Å². The Morgan fingerprint density at radius 2 is 1.78 bits per heavy atom. The Morgan fingerprint density at radius 1 is 1.11 bits per heavy atom. The molecule has 0 N–H and O–H groups in total. The van der Waals surface area contributed by atoms with E-state index >= 15 is 0 Å². The van der Waals surface area contributed by atoms with Gasteiger partial charge in [-0.15, -0.1) is 10.2 Å². The molecule has 0 saturated heterocycles. The highest BCUT2D eigenvalue weighted by Crippen LogP contribution is 2.28. The Kier molecular flexibility index (Phi) is 5.91. The number of amides is 1. The smallest absolute Gasteiger partial charge is 0.235 e. The van der Waals surface area contributed by atoms with Gasteiger partial charge >= 0.3 is 0 Å². The van der Waals surface area contributed by atoms with Crippen LogP contribution in [0.15, 0.2) is 59.8 Å². The van der Waals surface area contributed by atoms with E-state index in [0.717, 1.165) is 11.1 Å². The van der Waals surface area contributed by atoms with E-state index in [1.165, 1.54) is 23.9 Å². The lowest BCUT2D eigenvalue weighted by Crippen LogP contribution is -2.29. The van der Waals surface area contributed by atoms with Gasteiger partial charge in [0.2, 0.25) is 5.91 Å². The Hall–Kier alpha value is -2.67. The van der Waals surface area contributed by atoms with Crippen molar-refractivity contribution in [1.82, 2.24) is 19.7 Å². The fourth-order valence-corrected chi connectivity index (χ4v) is 3.66. The summed E-state index contributed by atoms with van der Waals surface area (Å²) in [7, 11) is 3.47. The maximum atomic E-state index is 13.3. The van der Waals surface area contributed by atoms with Crippen LogP contribution in [0.25, 0.3) is 11.4 Å². The van der Waals surface area contributed by atoms with Gasteiger partial charge in [0.1, 0.15) is 5.82 Å². The van der Waals surface area contributed by atoms with Crippen molar-refractivity contribution in [2.24, 2.45) is 0 Å². The largest absolute Gasteiger partial charge is 0.348 e. The fraction of sp³-hybridized carbons (Fsp3) is 0.250. The predicted octanol–water partition coefficient (Wildman–Crippen LogP) is 3.70. The zero-order chi connectivity index (χ0) is 19.4. The van der Waals surface area contributed by atoms with Crippen LogP contribution < -0.4 is 0 Å². The maximum Gasteiger partial charge on any atom is 0.235 e. The van der Waals surface area contributed by atoms with Gasteiger partial charge in [0.05, 0.1) is 11.8 Å². The highest BCUT2D eigenvalue weighted by atomic mass is 32.2. The van der Waals surface area contributed by atoms with Crippen molar-refractivity contribution in [2.45, 2.75) is 23.9 Å². The van der Waals surface area contributed by atoms with Gasteiger partial charge in [0.15, 0.2) is 11.0 Å². The average molecular weight is 384 g/mol. The van der Waals surface area contributed by atoms with Gasteiger partial charge in [-0.3, -0.25) is 9.36 Å². The standard InChI is InChI=1S/C20H21FN4OS/c1-14(19(26)24(2)3)27-20-23-22-18(16-9-11-17(21)12-10-16)25(20)13-15-7-5-4-6-8-15/h4-12,14H,13H2,1-3H3/t14-/m0/s1. The summed E-state index contributed by atoms with van der Waals surface area (Å²) in [6, 6.07) is 16.1. The van der Waals surface area contributed by atoms with Gasteiger partial charge in [-0.05, 0) is 36.8 Å². The van der Waals surface area contributed by atoms with Crippen LogP contribution in [0.2, 0.25) is 0 Å². The van der Waals surface area contributed by atoms with Gasteiger partial charge < -0.3 is 4.90 Å². The molecule has 0 aliphatic carbocycles. The summed E-state index contributed by atoms with van der Waals surface area (Å²) in [4.78, 5) is 13.8. The molecule has 0 saturated carbocycles. The van der Waals surface area contributed by atoms with Crippen LogP contribution in [0.3, 0.4) is 0 Å². The van der Waals surface area contributed by atoms with Crippen LogP contribution >= 0.6 is 11.8 Å². The summed E-state index contributed by atoms with van der Waals surface area (Å²) in [6.45, 7) is 2.41. The molecule has 1 aromatic heterocycles. The number of rotatable bonds is 6. The molecule has 0 aliphatic heterocycles. The number of carbonyl (C=O) groups excluding carboxylic acids is 1. The Morgan fingerprint density at radius 3 is 2.41 bits per heavy atom. The monoisotopic (exact) mass is 384 g/mol. The molecule has 0 spiro atoms. The van der Waals surface area contributed by atoms with Crippen molar-refractivity contribution in [3.05, 3.63) is 66.0 Å². The lowest BCUT2D eigenvalue weighted by molar-refractivity contribution is -0.127. The van der Waals surface area contributed by atoms with Crippen LogP contribution in [0, 0.1) is 5.82 Å². The van der Waals surface area contributed by atoms with E-state index in [1.807, 2.05) is 41.8 Å². The molecule has 3 aromatic rings. The molecule has 5 nitrogen and oxygen atoms in total. The second-order valence-electron chi connectivity index (χ2n) is 6.38. The quantitative estimate of drug-likeness (QED) is 0.608. The Balaban J connectivity index is 1.97. The zero-order valence-corrected chi connectivity index (χ0v) is 16.3. The number of benzene rings is 2. The molecule has 1 atom stereocenters. The number of carbonyl (C=O) groups is 1. The minimum absolute atomic E-state index is 0.0117. The van der Waals surface area contributed by atoms with Crippen molar-refractivity contribution < 1.29 is 9.18 Å². The summed E-state index contributed by atoms with van der Waals surface area (Å²) in [5, 5.41) is 8.98. The SMILES string of the molecule is C[C@H](Sc1nnc(-c2ccc(F)cc2)n1Cc1ccccc1)C(=O)N(C)C. The fourth-order valence-electron chi connectivity index (χ4n) is 2.67. The average Bonchev–Trinajstić information content (AvgIpc) is 3.04. The molecule has 0 unspecified atom stereocenters. The van der Waals surface area contributed by atoms with E-state index in [4.69, 9.17) is 0 Å². The molecule has 0 radical (unpaired) electrons. The number of aromatic nitrogens is 3. The molecule has 3 rings (SSSR count). The summed E-state index contributed by atoms with van der Waals surface area (Å²) in [5.41, 5.74) is 1.87. The Labute approximate surface area is 162 Å². The molecule has 7 heteroatoms. The third-order valence-electron chi connectivity index (χ3n) is 4.07. The summed E-state index contributed by atoms with van der Waals surface area (Å²) < 4.78 is 15.3. The number of hydrogen-bond acceptors (Lipinski definition) is 4. The van der Waals surface area contributed by atoms with Crippen LogP contribution in [-0.2, 0) is 11.3 Å². The van der Waals surface area contributed by atoms with Crippen LogP contribution in [0.5, 0.6) is 0 Å². The van der Waals surface area contributed by atoms with Gasteiger partial charge in [-0.1, -0.05) is 42.1 Å². The molecule has 140 valence electrons. The minimum atomic E-state index is -0.298. The Bertz CT molecular complexity index is 909. The van der Waals surface area contributed by atoms with Crippen LogP contribution in [-0.4, -0.2) is 44.9 Å². The molecule has 0 fully saturated rings. The number of nitrogens with zero attached hydrogens (tertiary/aromatic N) is 4. The number of hydrogen-bond donors (Lipinski definition) is 0. The first-order chi connectivity index (χ1) is 13.0. The predicted molar refractivity (Wildman–Crippen MR) is 105 cm³/mol.